The number of Topliss-reactive ketones (excluding diaryl/α,β-unsaturated/α-hetero) is 1. The monoisotopic (exact) mass is 326 g/mol. The minimum Gasteiger partial charge on any atom is -0.482 e. The summed E-state index contributed by atoms with van der Waals surface area (Å²) in [5.74, 6) is -0.267. The zero-order valence-corrected chi connectivity index (χ0v) is 13.5. The van der Waals surface area contributed by atoms with Crippen molar-refractivity contribution in [2.24, 2.45) is 0 Å². The number of rotatable bonds is 6. The van der Waals surface area contributed by atoms with E-state index in [1.807, 2.05) is 0 Å². The first-order valence-corrected chi connectivity index (χ1v) is 7.36. The summed E-state index contributed by atoms with van der Waals surface area (Å²) in [7, 11) is 0. The first-order valence-electron chi connectivity index (χ1n) is 7.36. The number of amides is 2. The third-order valence-corrected chi connectivity index (χ3v) is 3.11. The van der Waals surface area contributed by atoms with E-state index in [1.165, 1.54) is 13.8 Å². The van der Waals surface area contributed by atoms with E-state index in [4.69, 9.17) is 4.74 Å². The van der Waals surface area contributed by atoms with Crippen molar-refractivity contribution in [3.8, 4) is 5.75 Å². The van der Waals surface area contributed by atoms with Crippen LogP contribution in [0.1, 0.15) is 24.2 Å². The highest BCUT2D eigenvalue weighted by molar-refractivity contribution is 5.97. The molecule has 0 aromatic heterocycles. The largest absolute Gasteiger partial charge is 0.482 e. The van der Waals surface area contributed by atoms with Crippen LogP contribution in [0.3, 0.4) is 0 Å². The fourth-order valence-electron chi connectivity index (χ4n) is 2.04. The van der Waals surface area contributed by atoms with Crippen molar-refractivity contribution in [3.63, 3.8) is 0 Å². The standard InChI is InChI=1S/C18H18N2O4/c1-12(21)14-6-5-7-15(10-14)20-18(23)11-24-17-9-4-3-8-16(17)19-13(2)22/h3-10H,11H2,1-2H3,(H,19,22)(H,20,23). The molecule has 0 bridgehead atoms. The van der Waals surface area contributed by atoms with Crippen molar-refractivity contribution in [2.45, 2.75) is 13.8 Å². The normalized spacial score (nSPS) is 9.92. The minimum absolute atomic E-state index is 0.0772. The quantitative estimate of drug-likeness (QED) is 0.799. The summed E-state index contributed by atoms with van der Waals surface area (Å²) in [5, 5.41) is 5.30. The smallest absolute Gasteiger partial charge is 0.262 e. The molecule has 0 aliphatic rings. The van der Waals surface area contributed by atoms with Gasteiger partial charge in [-0.25, -0.2) is 0 Å². The molecule has 2 aromatic carbocycles. The van der Waals surface area contributed by atoms with Gasteiger partial charge in [-0.15, -0.1) is 0 Å². The maximum atomic E-state index is 12.0. The Morgan fingerprint density at radius 1 is 0.958 bits per heavy atom. The predicted molar refractivity (Wildman–Crippen MR) is 91.3 cm³/mol. The van der Waals surface area contributed by atoms with Gasteiger partial charge in [0, 0.05) is 18.2 Å². The Morgan fingerprint density at radius 3 is 2.42 bits per heavy atom. The summed E-state index contributed by atoms with van der Waals surface area (Å²) >= 11 is 0. The van der Waals surface area contributed by atoms with Crippen LogP contribution in [-0.2, 0) is 9.59 Å². The Kier molecular flexibility index (Phi) is 5.68. The molecule has 0 aliphatic heterocycles. The highest BCUT2D eigenvalue weighted by Gasteiger charge is 2.09. The fourth-order valence-corrected chi connectivity index (χ4v) is 2.04. The van der Waals surface area contributed by atoms with Gasteiger partial charge in [0.2, 0.25) is 5.91 Å². The zero-order valence-electron chi connectivity index (χ0n) is 13.5. The molecule has 2 aromatic rings. The first kappa shape index (κ1) is 17.2. The van der Waals surface area contributed by atoms with Crippen LogP contribution < -0.4 is 15.4 Å². The van der Waals surface area contributed by atoms with Gasteiger partial charge in [0.15, 0.2) is 12.4 Å². The SMILES string of the molecule is CC(=O)Nc1ccccc1OCC(=O)Nc1cccc(C(C)=O)c1. The van der Waals surface area contributed by atoms with E-state index < -0.39 is 0 Å². The summed E-state index contributed by atoms with van der Waals surface area (Å²) in [4.78, 5) is 34.5. The van der Waals surface area contributed by atoms with Gasteiger partial charge in [0.25, 0.3) is 5.91 Å². The highest BCUT2D eigenvalue weighted by atomic mass is 16.5. The van der Waals surface area contributed by atoms with E-state index in [9.17, 15) is 14.4 Å². The lowest BCUT2D eigenvalue weighted by Crippen LogP contribution is -2.21. The van der Waals surface area contributed by atoms with E-state index in [0.29, 0.717) is 22.7 Å². The van der Waals surface area contributed by atoms with Crippen LogP contribution in [0.5, 0.6) is 5.75 Å². The molecule has 2 N–H and O–H groups in total. The molecule has 0 fully saturated rings. The number of nitrogens with one attached hydrogen (secondary N) is 2. The van der Waals surface area contributed by atoms with Gasteiger partial charge < -0.3 is 15.4 Å². The van der Waals surface area contributed by atoms with Crippen molar-refractivity contribution < 1.29 is 19.1 Å². The molecule has 2 rings (SSSR count). The van der Waals surface area contributed by atoms with E-state index in [0.717, 1.165) is 0 Å². The molecule has 0 saturated carbocycles. The van der Waals surface area contributed by atoms with Crippen LogP contribution in [-0.4, -0.2) is 24.2 Å². The molecule has 2 amide bonds. The number of carbonyl (C=O) groups excluding carboxylic acids is 3. The summed E-state index contributed by atoms with van der Waals surface area (Å²) in [6.45, 7) is 2.63. The Balaban J connectivity index is 1.98. The maximum absolute atomic E-state index is 12.0. The van der Waals surface area contributed by atoms with E-state index in [-0.39, 0.29) is 24.2 Å². The molecule has 124 valence electrons. The Bertz CT molecular complexity index is 771. The molecule has 0 atom stereocenters. The number of anilines is 2. The molecule has 0 saturated heterocycles. The number of para-hydroxylation sites is 2. The summed E-state index contributed by atoms with van der Waals surface area (Å²) in [6, 6.07) is 13.5. The van der Waals surface area contributed by atoms with Crippen LogP contribution in [0.25, 0.3) is 0 Å². The molecule has 0 spiro atoms. The van der Waals surface area contributed by atoms with Crippen LogP contribution in [0, 0.1) is 0 Å². The summed E-state index contributed by atoms with van der Waals surface area (Å²) in [5.41, 5.74) is 1.53. The average Bonchev–Trinajstić information content (AvgIpc) is 2.53. The van der Waals surface area contributed by atoms with Gasteiger partial charge >= 0.3 is 0 Å². The minimum atomic E-state index is -0.367. The fraction of sp³-hybridized carbons (Fsp3) is 0.167. The van der Waals surface area contributed by atoms with Gasteiger partial charge in [-0.05, 0) is 31.2 Å². The second kappa shape index (κ2) is 7.92. The number of ether oxygens (including phenoxy) is 1. The lowest BCUT2D eigenvalue weighted by Gasteiger charge is -2.12. The molecule has 24 heavy (non-hydrogen) atoms. The molecule has 0 radical (unpaired) electrons. The average molecular weight is 326 g/mol. The van der Waals surface area contributed by atoms with E-state index >= 15 is 0 Å². The predicted octanol–water partition coefficient (Wildman–Crippen LogP) is 2.87. The topological polar surface area (TPSA) is 84.5 Å². The number of benzene rings is 2. The van der Waals surface area contributed by atoms with Crippen LogP contribution in [0.15, 0.2) is 48.5 Å². The Morgan fingerprint density at radius 2 is 1.71 bits per heavy atom. The van der Waals surface area contributed by atoms with Gasteiger partial charge in [-0.2, -0.15) is 0 Å². The van der Waals surface area contributed by atoms with Gasteiger partial charge in [0.05, 0.1) is 5.69 Å². The summed E-state index contributed by atoms with van der Waals surface area (Å²) < 4.78 is 5.46. The van der Waals surface area contributed by atoms with Crippen molar-refractivity contribution in [2.75, 3.05) is 17.2 Å². The third-order valence-electron chi connectivity index (χ3n) is 3.11. The van der Waals surface area contributed by atoms with Gasteiger partial charge in [-0.3, -0.25) is 14.4 Å². The molecular formula is C18H18N2O4. The van der Waals surface area contributed by atoms with Crippen LogP contribution >= 0.6 is 0 Å². The Labute approximate surface area is 139 Å². The first-order chi connectivity index (χ1) is 11.5. The van der Waals surface area contributed by atoms with Gasteiger partial charge in [-0.1, -0.05) is 24.3 Å². The number of hydrogen-bond acceptors (Lipinski definition) is 4. The maximum Gasteiger partial charge on any atom is 0.262 e. The second-order valence-corrected chi connectivity index (χ2v) is 5.15. The highest BCUT2D eigenvalue weighted by Crippen LogP contribution is 2.23. The lowest BCUT2D eigenvalue weighted by atomic mass is 10.1. The van der Waals surface area contributed by atoms with Crippen molar-refractivity contribution in [1.29, 1.82) is 0 Å². The van der Waals surface area contributed by atoms with Crippen molar-refractivity contribution in [3.05, 3.63) is 54.1 Å². The Hall–Kier alpha value is -3.15. The van der Waals surface area contributed by atoms with Crippen LogP contribution in [0.2, 0.25) is 0 Å². The lowest BCUT2D eigenvalue weighted by molar-refractivity contribution is -0.118. The number of hydrogen-bond donors (Lipinski definition) is 2. The summed E-state index contributed by atoms with van der Waals surface area (Å²) in [6.07, 6.45) is 0. The van der Waals surface area contributed by atoms with Crippen LogP contribution in [0.4, 0.5) is 11.4 Å². The molecular weight excluding hydrogens is 308 g/mol. The molecule has 0 aliphatic carbocycles. The third kappa shape index (κ3) is 4.95. The van der Waals surface area contributed by atoms with E-state index in [1.54, 1.807) is 48.5 Å². The number of carbonyl (C=O) groups is 3. The molecule has 6 nitrogen and oxygen atoms in total. The molecule has 0 unspecified atom stereocenters. The van der Waals surface area contributed by atoms with Crippen molar-refractivity contribution in [1.82, 2.24) is 0 Å². The molecule has 0 heterocycles. The van der Waals surface area contributed by atoms with Crippen molar-refractivity contribution >= 4 is 29.0 Å². The molecule has 6 heteroatoms. The zero-order chi connectivity index (χ0) is 17.5. The van der Waals surface area contributed by atoms with E-state index in [2.05, 4.69) is 10.6 Å². The second-order valence-electron chi connectivity index (χ2n) is 5.15. The van der Waals surface area contributed by atoms with Gasteiger partial charge in [0.1, 0.15) is 5.75 Å². The number of ketones is 1.